The summed E-state index contributed by atoms with van der Waals surface area (Å²) < 4.78 is 28.9. The van der Waals surface area contributed by atoms with Gasteiger partial charge in [0.05, 0.1) is 22.2 Å². The fourth-order valence-corrected chi connectivity index (χ4v) is 5.42. The molecule has 10 nitrogen and oxygen atoms in total. The molecule has 0 radical (unpaired) electrons. The van der Waals surface area contributed by atoms with E-state index in [9.17, 15) is 28.1 Å². The SMILES string of the molecule is CS(=O)(=O)c1ccc(C(=O)OCC(=O)N2N=C(c3ccc4ccccc4c3)C[C@H]2c2ccccc2)cc1[N+](=O)[O-]. The molecule has 4 aromatic rings. The van der Waals surface area contributed by atoms with E-state index in [2.05, 4.69) is 5.10 Å². The number of amides is 1. The van der Waals surface area contributed by atoms with E-state index < -0.39 is 49.9 Å². The highest BCUT2D eigenvalue weighted by atomic mass is 32.2. The molecule has 0 bridgehead atoms. The Kier molecular flexibility index (Phi) is 7.14. The molecule has 40 heavy (non-hydrogen) atoms. The van der Waals surface area contributed by atoms with Crippen LogP contribution in [-0.2, 0) is 19.4 Å². The Hall–Kier alpha value is -4.90. The van der Waals surface area contributed by atoms with Gasteiger partial charge in [-0.1, -0.05) is 66.7 Å². The van der Waals surface area contributed by atoms with Crippen LogP contribution in [0.2, 0.25) is 0 Å². The van der Waals surface area contributed by atoms with Crippen molar-refractivity contribution in [3.63, 3.8) is 0 Å². The van der Waals surface area contributed by atoms with Crippen LogP contribution in [0.5, 0.6) is 0 Å². The number of carbonyl (C=O) groups excluding carboxylic acids is 2. The number of fused-ring (bicyclic) bond motifs is 1. The molecular formula is C29H23N3O7S. The van der Waals surface area contributed by atoms with Gasteiger partial charge in [-0.05, 0) is 40.1 Å². The Balaban J connectivity index is 1.38. The van der Waals surface area contributed by atoms with Crippen LogP contribution in [0, 0.1) is 10.1 Å². The third kappa shape index (κ3) is 5.45. The number of ether oxygens (including phenoxy) is 1. The average molecular weight is 558 g/mol. The van der Waals surface area contributed by atoms with Crippen LogP contribution in [0.1, 0.15) is 33.9 Å². The maximum atomic E-state index is 13.3. The van der Waals surface area contributed by atoms with Crippen LogP contribution in [0.25, 0.3) is 10.8 Å². The van der Waals surface area contributed by atoms with Gasteiger partial charge in [0.1, 0.15) is 4.90 Å². The first-order valence-electron chi connectivity index (χ1n) is 12.2. The number of carbonyl (C=O) groups is 2. The number of esters is 1. The molecule has 0 saturated carbocycles. The summed E-state index contributed by atoms with van der Waals surface area (Å²) in [7, 11) is -3.90. The lowest BCUT2D eigenvalue weighted by molar-refractivity contribution is -0.387. The molecule has 1 amide bonds. The van der Waals surface area contributed by atoms with Gasteiger partial charge in [-0.3, -0.25) is 14.9 Å². The van der Waals surface area contributed by atoms with Crippen LogP contribution < -0.4 is 0 Å². The van der Waals surface area contributed by atoms with Gasteiger partial charge in [0.25, 0.3) is 11.6 Å². The third-order valence-electron chi connectivity index (χ3n) is 6.55. The van der Waals surface area contributed by atoms with Gasteiger partial charge < -0.3 is 4.74 Å². The van der Waals surface area contributed by atoms with Crippen molar-refractivity contribution in [1.82, 2.24) is 5.01 Å². The van der Waals surface area contributed by atoms with E-state index >= 15 is 0 Å². The first kappa shape index (κ1) is 26.7. The summed E-state index contributed by atoms with van der Waals surface area (Å²) in [5.41, 5.74) is 1.41. The van der Waals surface area contributed by atoms with Crippen LogP contribution in [0.4, 0.5) is 5.69 Å². The minimum Gasteiger partial charge on any atom is -0.452 e. The lowest BCUT2D eigenvalue weighted by atomic mass is 9.97. The van der Waals surface area contributed by atoms with Crippen molar-refractivity contribution in [3.05, 3.63) is 118 Å². The van der Waals surface area contributed by atoms with Gasteiger partial charge in [-0.15, -0.1) is 0 Å². The number of rotatable bonds is 7. The monoisotopic (exact) mass is 557 g/mol. The van der Waals surface area contributed by atoms with Crippen molar-refractivity contribution in [2.75, 3.05) is 12.9 Å². The minimum absolute atomic E-state index is 0.256. The molecule has 11 heteroatoms. The topological polar surface area (TPSA) is 136 Å². The predicted molar refractivity (Wildman–Crippen MR) is 148 cm³/mol. The standard InChI is InChI=1S/C29H23N3O7S/c1-40(37,38)27-14-13-23(16-26(27)32(35)36)29(34)39-18-28(33)31-25(20-8-3-2-4-9-20)17-24(30-31)22-12-11-19-7-5-6-10-21(19)15-22/h2-16,25H,17-18H2,1H3/t25-/m0/s1. The number of sulfone groups is 1. The zero-order valence-corrected chi connectivity index (χ0v) is 22.1. The molecule has 1 heterocycles. The number of hydrogen-bond donors (Lipinski definition) is 0. The highest BCUT2D eigenvalue weighted by Gasteiger charge is 2.34. The average Bonchev–Trinajstić information content (AvgIpc) is 3.41. The lowest BCUT2D eigenvalue weighted by Gasteiger charge is -2.21. The largest absolute Gasteiger partial charge is 0.452 e. The Labute approximate surface area is 229 Å². The quantitative estimate of drug-likeness (QED) is 0.183. The Morgan fingerprint density at radius 1 is 0.975 bits per heavy atom. The molecule has 0 N–H and O–H groups in total. The van der Waals surface area contributed by atoms with E-state index in [0.29, 0.717) is 12.1 Å². The number of nitrogens with zero attached hydrogens (tertiary/aromatic N) is 3. The molecular weight excluding hydrogens is 534 g/mol. The second-order valence-electron chi connectivity index (χ2n) is 9.27. The van der Waals surface area contributed by atoms with Crippen LogP contribution in [-0.4, -0.2) is 48.8 Å². The molecule has 0 fully saturated rings. The second kappa shape index (κ2) is 10.7. The first-order chi connectivity index (χ1) is 19.1. The van der Waals surface area contributed by atoms with Crippen molar-refractivity contribution in [3.8, 4) is 0 Å². The summed E-state index contributed by atoms with van der Waals surface area (Å²) >= 11 is 0. The van der Waals surface area contributed by atoms with Crippen LogP contribution in [0.15, 0.2) is 101 Å². The van der Waals surface area contributed by atoms with E-state index in [0.717, 1.165) is 46.4 Å². The number of benzene rings is 4. The molecule has 0 spiro atoms. The summed E-state index contributed by atoms with van der Waals surface area (Å²) in [5, 5.41) is 19.4. The highest BCUT2D eigenvalue weighted by molar-refractivity contribution is 7.90. The molecule has 5 rings (SSSR count). The van der Waals surface area contributed by atoms with E-state index in [1.807, 2.05) is 72.8 Å². The summed E-state index contributed by atoms with van der Waals surface area (Å²) in [6, 6.07) is 25.7. The molecule has 1 aliphatic rings. The first-order valence-corrected chi connectivity index (χ1v) is 14.1. The minimum atomic E-state index is -3.90. The van der Waals surface area contributed by atoms with Gasteiger partial charge in [0.15, 0.2) is 16.4 Å². The van der Waals surface area contributed by atoms with E-state index in [-0.39, 0.29) is 5.56 Å². The van der Waals surface area contributed by atoms with E-state index in [4.69, 9.17) is 4.74 Å². The van der Waals surface area contributed by atoms with Gasteiger partial charge in [-0.2, -0.15) is 5.10 Å². The molecule has 1 atom stereocenters. The molecule has 0 aliphatic carbocycles. The van der Waals surface area contributed by atoms with Crippen molar-refractivity contribution in [1.29, 1.82) is 0 Å². The Bertz CT molecular complexity index is 1790. The van der Waals surface area contributed by atoms with Gasteiger partial charge >= 0.3 is 5.97 Å². The Morgan fingerprint density at radius 2 is 1.68 bits per heavy atom. The Morgan fingerprint density at radius 3 is 2.38 bits per heavy atom. The number of nitro groups is 1. The maximum Gasteiger partial charge on any atom is 0.338 e. The zero-order valence-electron chi connectivity index (χ0n) is 21.3. The molecule has 4 aromatic carbocycles. The maximum absolute atomic E-state index is 13.3. The lowest BCUT2D eigenvalue weighted by Crippen LogP contribution is -2.31. The second-order valence-corrected chi connectivity index (χ2v) is 11.2. The third-order valence-corrected chi connectivity index (χ3v) is 7.69. The fraction of sp³-hybridized carbons (Fsp3) is 0.138. The predicted octanol–water partition coefficient (Wildman–Crippen LogP) is 4.69. The molecule has 0 unspecified atom stereocenters. The summed E-state index contributed by atoms with van der Waals surface area (Å²) in [5.74, 6) is -1.59. The number of hydrazone groups is 1. The highest BCUT2D eigenvalue weighted by Crippen LogP contribution is 2.33. The van der Waals surface area contributed by atoms with Crippen molar-refractivity contribution in [2.45, 2.75) is 17.4 Å². The molecule has 202 valence electrons. The summed E-state index contributed by atoms with van der Waals surface area (Å²) in [6.07, 6.45) is 1.28. The van der Waals surface area contributed by atoms with E-state index in [1.165, 1.54) is 5.01 Å². The van der Waals surface area contributed by atoms with Crippen molar-refractivity contribution >= 4 is 43.9 Å². The fourth-order valence-electron chi connectivity index (χ4n) is 4.60. The van der Waals surface area contributed by atoms with Crippen LogP contribution >= 0.6 is 0 Å². The summed E-state index contributed by atoms with van der Waals surface area (Å²) in [4.78, 5) is 35.9. The normalized spacial score (nSPS) is 15.1. The zero-order chi connectivity index (χ0) is 28.4. The van der Waals surface area contributed by atoms with Crippen molar-refractivity contribution < 1.29 is 27.7 Å². The van der Waals surface area contributed by atoms with Crippen molar-refractivity contribution in [2.24, 2.45) is 5.10 Å². The summed E-state index contributed by atoms with van der Waals surface area (Å²) in [6.45, 7) is -0.668. The van der Waals surface area contributed by atoms with Gasteiger partial charge in [0, 0.05) is 18.7 Å². The van der Waals surface area contributed by atoms with Gasteiger partial charge in [-0.25, -0.2) is 18.2 Å². The molecule has 0 saturated heterocycles. The molecule has 1 aliphatic heterocycles. The van der Waals surface area contributed by atoms with E-state index in [1.54, 1.807) is 0 Å². The van der Waals surface area contributed by atoms with Gasteiger partial charge in [0.2, 0.25) is 0 Å². The number of hydrogen-bond acceptors (Lipinski definition) is 8. The number of nitro benzene ring substituents is 1. The molecule has 0 aromatic heterocycles. The smallest absolute Gasteiger partial charge is 0.338 e. The van der Waals surface area contributed by atoms with Crippen LogP contribution in [0.3, 0.4) is 0 Å².